The number of para-hydroxylation sites is 1. The van der Waals surface area contributed by atoms with Crippen molar-refractivity contribution in [2.24, 2.45) is 5.73 Å². The summed E-state index contributed by atoms with van der Waals surface area (Å²) in [6.45, 7) is 2.07. The molecule has 2 N–H and O–H groups in total. The van der Waals surface area contributed by atoms with Crippen LogP contribution in [0.4, 0.5) is 5.69 Å². The van der Waals surface area contributed by atoms with Crippen molar-refractivity contribution in [2.45, 2.75) is 18.9 Å². The Balaban J connectivity index is 1.65. The lowest BCUT2D eigenvalue weighted by Gasteiger charge is -2.22. The number of rotatable bonds is 4. The van der Waals surface area contributed by atoms with E-state index in [9.17, 15) is 0 Å². The van der Waals surface area contributed by atoms with Crippen molar-refractivity contribution in [2.75, 3.05) is 18.0 Å². The van der Waals surface area contributed by atoms with Gasteiger partial charge in [-0.2, -0.15) is 0 Å². The molecule has 20 heavy (non-hydrogen) atoms. The lowest BCUT2D eigenvalue weighted by Crippen LogP contribution is -2.25. The Bertz CT molecular complexity index is 597. The second-order valence-electron chi connectivity index (χ2n) is 5.28. The first-order chi connectivity index (χ1) is 9.75. The number of anilines is 1. The first-order valence-corrected chi connectivity index (χ1v) is 7.46. The highest BCUT2D eigenvalue weighted by molar-refractivity contribution is 6.31. The number of benzene rings is 2. The molecule has 104 valence electrons. The van der Waals surface area contributed by atoms with Crippen molar-refractivity contribution in [1.29, 1.82) is 0 Å². The van der Waals surface area contributed by atoms with Gasteiger partial charge >= 0.3 is 0 Å². The van der Waals surface area contributed by atoms with E-state index in [1.165, 1.54) is 11.3 Å². The first kappa shape index (κ1) is 13.5. The lowest BCUT2D eigenvalue weighted by atomic mass is 10.0. The van der Waals surface area contributed by atoms with Crippen LogP contribution in [0.15, 0.2) is 48.5 Å². The minimum atomic E-state index is -0.00328. The van der Waals surface area contributed by atoms with Gasteiger partial charge in [0.25, 0.3) is 0 Å². The molecule has 0 saturated carbocycles. The highest BCUT2D eigenvalue weighted by atomic mass is 35.5. The SMILES string of the molecule is NC(CCN1CCc2ccccc21)c1ccccc1Cl. The predicted octanol–water partition coefficient (Wildman–Crippen LogP) is 3.79. The van der Waals surface area contributed by atoms with Crippen molar-refractivity contribution >= 4 is 17.3 Å². The molecule has 2 aromatic carbocycles. The number of hydrogen-bond acceptors (Lipinski definition) is 2. The number of nitrogens with two attached hydrogens (primary N) is 1. The van der Waals surface area contributed by atoms with Crippen molar-refractivity contribution in [3.63, 3.8) is 0 Å². The maximum Gasteiger partial charge on any atom is 0.0453 e. The van der Waals surface area contributed by atoms with Gasteiger partial charge in [0.15, 0.2) is 0 Å². The zero-order valence-electron chi connectivity index (χ0n) is 11.4. The summed E-state index contributed by atoms with van der Waals surface area (Å²) in [6, 6.07) is 16.5. The van der Waals surface area contributed by atoms with Crippen molar-refractivity contribution in [3.05, 3.63) is 64.7 Å². The molecule has 0 fully saturated rings. The molecule has 0 bridgehead atoms. The van der Waals surface area contributed by atoms with Crippen LogP contribution in [0.2, 0.25) is 5.02 Å². The van der Waals surface area contributed by atoms with Crippen LogP contribution in [-0.4, -0.2) is 13.1 Å². The third-order valence-corrected chi connectivity index (χ3v) is 4.34. The molecule has 3 rings (SSSR count). The molecular weight excluding hydrogens is 268 g/mol. The standard InChI is InChI=1S/C17H19ClN2/c18-15-7-3-2-6-14(15)16(19)10-12-20-11-9-13-5-1-4-8-17(13)20/h1-8,16H,9-12,19H2. The summed E-state index contributed by atoms with van der Waals surface area (Å²) in [4.78, 5) is 2.42. The minimum absolute atomic E-state index is 0.00328. The van der Waals surface area contributed by atoms with Crippen LogP contribution in [0, 0.1) is 0 Å². The summed E-state index contributed by atoms with van der Waals surface area (Å²) < 4.78 is 0. The van der Waals surface area contributed by atoms with E-state index in [2.05, 4.69) is 29.2 Å². The van der Waals surface area contributed by atoms with E-state index in [1.54, 1.807) is 0 Å². The third kappa shape index (κ3) is 2.67. The summed E-state index contributed by atoms with van der Waals surface area (Å²) >= 11 is 6.20. The fraction of sp³-hybridized carbons (Fsp3) is 0.294. The van der Waals surface area contributed by atoms with E-state index in [4.69, 9.17) is 17.3 Å². The molecule has 1 heterocycles. The van der Waals surface area contributed by atoms with Crippen LogP contribution in [0.1, 0.15) is 23.6 Å². The molecule has 0 spiro atoms. The van der Waals surface area contributed by atoms with E-state index in [0.717, 1.165) is 36.5 Å². The zero-order valence-corrected chi connectivity index (χ0v) is 12.2. The second-order valence-corrected chi connectivity index (χ2v) is 5.69. The quantitative estimate of drug-likeness (QED) is 0.926. The molecule has 0 aliphatic carbocycles. The lowest BCUT2D eigenvalue weighted by molar-refractivity contribution is 0.634. The smallest absolute Gasteiger partial charge is 0.0453 e. The summed E-state index contributed by atoms with van der Waals surface area (Å²) in [5.74, 6) is 0. The maximum absolute atomic E-state index is 6.28. The van der Waals surface area contributed by atoms with Gasteiger partial charge in [0.2, 0.25) is 0 Å². The summed E-state index contributed by atoms with van der Waals surface area (Å²) in [5, 5.41) is 0.766. The molecule has 1 atom stereocenters. The van der Waals surface area contributed by atoms with Gasteiger partial charge in [0.05, 0.1) is 0 Å². The summed E-state index contributed by atoms with van der Waals surface area (Å²) in [7, 11) is 0. The number of hydrogen-bond donors (Lipinski definition) is 1. The molecule has 0 radical (unpaired) electrons. The highest BCUT2D eigenvalue weighted by Crippen LogP contribution is 2.29. The Morgan fingerprint density at radius 3 is 2.70 bits per heavy atom. The number of nitrogens with zero attached hydrogens (tertiary/aromatic N) is 1. The van der Waals surface area contributed by atoms with Crippen molar-refractivity contribution in [1.82, 2.24) is 0 Å². The van der Waals surface area contributed by atoms with Crippen molar-refractivity contribution in [3.8, 4) is 0 Å². The van der Waals surface area contributed by atoms with Crippen molar-refractivity contribution < 1.29 is 0 Å². The van der Waals surface area contributed by atoms with Crippen LogP contribution in [0.25, 0.3) is 0 Å². The average Bonchev–Trinajstić information content (AvgIpc) is 2.88. The van der Waals surface area contributed by atoms with E-state index < -0.39 is 0 Å². The maximum atomic E-state index is 6.28. The van der Waals surface area contributed by atoms with E-state index in [-0.39, 0.29) is 6.04 Å². The van der Waals surface area contributed by atoms with Gasteiger partial charge in [0, 0.05) is 29.8 Å². The van der Waals surface area contributed by atoms with Gasteiger partial charge in [-0.3, -0.25) is 0 Å². The molecular formula is C17H19ClN2. The molecule has 0 saturated heterocycles. The fourth-order valence-electron chi connectivity index (χ4n) is 2.87. The summed E-state index contributed by atoms with van der Waals surface area (Å²) in [6.07, 6.45) is 2.05. The Morgan fingerprint density at radius 2 is 1.85 bits per heavy atom. The fourth-order valence-corrected chi connectivity index (χ4v) is 3.14. The van der Waals surface area contributed by atoms with Crippen LogP contribution >= 0.6 is 11.6 Å². The normalized spacial score (nSPS) is 15.2. The molecule has 1 aliphatic heterocycles. The minimum Gasteiger partial charge on any atom is -0.371 e. The van der Waals surface area contributed by atoms with Crippen LogP contribution in [-0.2, 0) is 6.42 Å². The van der Waals surface area contributed by atoms with Gasteiger partial charge in [-0.15, -0.1) is 0 Å². The second kappa shape index (κ2) is 5.86. The average molecular weight is 287 g/mol. The predicted molar refractivity (Wildman–Crippen MR) is 85.4 cm³/mol. The monoisotopic (exact) mass is 286 g/mol. The Morgan fingerprint density at radius 1 is 1.10 bits per heavy atom. The molecule has 2 aromatic rings. The molecule has 3 heteroatoms. The Hall–Kier alpha value is -1.51. The van der Waals surface area contributed by atoms with E-state index >= 15 is 0 Å². The van der Waals surface area contributed by atoms with Gasteiger partial charge < -0.3 is 10.6 Å². The van der Waals surface area contributed by atoms with Crippen LogP contribution < -0.4 is 10.6 Å². The van der Waals surface area contributed by atoms with E-state index in [1.807, 2.05) is 24.3 Å². The van der Waals surface area contributed by atoms with Gasteiger partial charge in [-0.1, -0.05) is 48.0 Å². The molecule has 0 amide bonds. The van der Waals surface area contributed by atoms with Crippen LogP contribution in [0.3, 0.4) is 0 Å². The highest BCUT2D eigenvalue weighted by Gasteiger charge is 2.19. The Kier molecular flexibility index (Phi) is 3.95. The third-order valence-electron chi connectivity index (χ3n) is 4.00. The number of halogens is 1. The summed E-state index contributed by atoms with van der Waals surface area (Å²) in [5.41, 5.74) is 10.1. The molecule has 0 aromatic heterocycles. The van der Waals surface area contributed by atoms with Gasteiger partial charge in [0.1, 0.15) is 0 Å². The zero-order chi connectivity index (χ0) is 13.9. The molecule has 1 aliphatic rings. The topological polar surface area (TPSA) is 29.3 Å². The van der Waals surface area contributed by atoms with E-state index in [0.29, 0.717) is 0 Å². The largest absolute Gasteiger partial charge is 0.371 e. The first-order valence-electron chi connectivity index (χ1n) is 7.08. The van der Waals surface area contributed by atoms with Gasteiger partial charge in [-0.05, 0) is 36.1 Å². The number of fused-ring (bicyclic) bond motifs is 1. The van der Waals surface area contributed by atoms with Gasteiger partial charge in [-0.25, -0.2) is 0 Å². The molecule has 2 nitrogen and oxygen atoms in total. The Labute approximate surface area is 125 Å². The molecule has 1 unspecified atom stereocenters. The van der Waals surface area contributed by atoms with Crippen LogP contribution in [0.5, 0.6) is 0 Å².